The van der Waals surface area contributed by atoms with E-state index in [1.165, 1.54) is 0 Å². The topological polar surface area (TPSA) is 58.6 Å². The number of rotatable bonds is 9. The van der Waals surface area contributed by atoms with Gasteiger partial charge < -0.3 is 15.2 Å². The lowest BCUT2D eigenvalue weighted by atomic mass is 9.95. The zero-order valence-electron chi connectivity index (χ0n) is 10.6. The van der Waals surface area contributed by atoms with Gasteiger partial charge in [0.05, 0.1) is 13.0 Å². The van der Waals surface area contributed by atoms with Crippen LogP contribution in [0.1, 0.15) is 32.6 Å². The molecule has 0 amide bonds. The number of carbonyl (C=O) groups is 1. The number of hydrogen-bond donors (Lipinski definition) is 2. The van der Waals surface area contributed by atoms with Crippen molar-refractivity contribution in [3.63, 3.8) is 0 Å². The molecule has 0 rings (SSSR count). The summed E-state index contributed by atoms with van der Waals surface area (Å²) in [7, 11) is 1.56. The number of halogens is 3. The molecule has 0 aromatic carbocycles. The lowest BCUT2D eigenvalue weighted by Gasteiger charge is -2.23. The number of carboxylic acid groups (broad SMARTS) is 1. The van der Waals surface area contributed by atoms with Crippen LogP contribution in [0.25, 0.3) is 0 Å². The number of ether oxygens (including phenoxy) is 1. The molecule has 0 heterocycles. The summed E-state index contributed by atoms with van der Waals surface area (Å²) in [5.74, 6) is -0.942. The van der Waals surface area contributed by atoms with Crippen molar-refractivity contribution in [1.29, 1.82) is 0 Å². The summed E-state index contributed by atoms with van der Waals surface area (Å²) in [5, 5.41) is 11.7. The highest BCUT2D eigenvalue weighted by Crippen LogP contribution is 2.19. The number of carboxylic acids is 1. The van der Waals surface area contributed by atoms with Crippen LogP contribution in [0.5, 0.6) is 0 Å². The van der Waals surface area contributed by atoms with Crippen LogP contribution >= 0.6 is 0 Å². The van der Waals surface area contributed by atoms with Gasteiger partial charge in [0.2, 0.25) is 0 Å². The molecule has 0 aliphatic carbocycles. The minimum Gasteiger partial charge on any atom is -0.480 e. The number of likely N-dealkylation sites (N-methyl/N-ethyl adjacent to an activating group) is 1. The highest BCUT2D eigenvalue weighted by molar-refractivity contribution is 5.78. The lowest BCUT2D eigenvalue weighted by Crippen LogP contribution is -2.47. The van der Waals surface area contributed by atoms with Gasteiger partial charge in [0.15, 0.2) is 0 Å². The van der Waals surface area contributed by atoms with Gasteiger partial charge in [-0.05, 0) is 33.2 Å². The SMILES string of the molecule is CNC(C)(CCCCOCCC(F)(F)F)C(=O)O. The van der Waals surface area contributed by atoms with E-state index in [-0.39, 0.29) is 13.2 Å². The Labute approximate surface area is 105 Å². The van der Waals surface area contributed by atoms with Gasteiger partial charge in [-0.25, -0.2) is 0 Å². The predicted octanol–water partition coefficient (Wildman–Crippen LogP) is 2.19. The molecule has 0 aromatic heterocycles. The molecular formula is C11H20F3NO3. The van der Waals surface area contributed by atoms with Crippen LogP contribution < -0.4 is 5.32 Å². The normalized spacial score (nSPS) is 15.4. The minimum absolute atomic E-state index is 0.218. The molecule has 0 aromatic rings. The van der Waals surface area contributed by atoms with Crippen molar-refractivity contribution >= 4 is 5.97 Å². The van der Waals surface area contributed by atoms with Gasteiger partial charge in [-0.15, -0.1) is 0 Å². The summed E-state index contributed by atoms with van der Waals surface area (Å²) in [6.45, 7) is 1.45. The van der Waals surface area contributed by atoms with E-state index in [4.69, 9.17) is 9.84 Å². The highest BCUT2D eigenvalue weighted by Gasteiger charge is 2.30. The molecule has 1 unspecified atom stereocenters. The highest BCUT2D eigenvalue weighted by atomic mass is 19.4. The summed E-state index contributed by atoms with van der Waals surface area (Å²) in [6.07, 6.45) is -3.61. The van der Waals surface area contributed by atoms with E-state index in [0.29, 0.717) is 19.3 Å². The van der Waals surface area contributed by atoms with Crippen molar-refractivity contribution in [3.05, 3.63) is 0 Å². The van der Waals surface area contributed by atoms with Gasteiger partial charge in [-0.3, -0.25) is 4.79 Å². The number of alkyl halides is 3. The Hall–Kier alpha value is -0.820. The second kappa shape index (κ2) is 7.58. The number of unbranched alkanes of at least 4 members (excludes halogenated alkanes) is 1. The third kappa shape index (κ3) is 7.50. The minimum atomic E-state index is -4.19. The second-order valence-electron chi connectivity index (χ2n) is 4.32. The van der Waals surface area contributed by atoms with E-state index in [1.807, 2.05) is 0 Å². The average Bonchev–Trinajstić information content (AvgIpc) is 2.25. The first-order valence-electron chi connectivity index (χ1n) is 5.78. The van der Waals surface area contributed by atoms with E-state index < -0.39 is 24.1 Å². The maximum Gasteiger partial charge on any atom is 0.391 e. The molecule has 2 N–H and O–H groups in total. The van der Waals surface area contributed by atoms with Crippen molar-refractivity contribution in [2.75, 3.05) is 20.3 Å². The zero-order chi connectivity index (χ0) is 14.2. The summed E-state index contributed by atoms with van der Waals surface area (Å²) >= 11 is 0. The van der Waals surface area contributed by atoms with Gasteiger partial charge in [-0.1, -0.05) is 0 Å². The fourth-order valence-electron chi connectivity index (χ4n) is 1.31. The number of nitrogens with one attached hydrogen (secondary N) is 1. The third-order valence-electron chi connectivity index (χ3n) is 2.77. The van der Waals surface area contributed by atoms with E-state index in [0.717, 1.165) is 0 Å². The number of hydrogen-bond acceptors (Lipinski definition) is 3. The van der Waals surface area contributed by atoms with Gasteiger partial charge >= 0.3 is 12.1 Å². The predicted molar refractivity (Wildman–Crippen MR) is 60.4 cm³/mol. The van der Waals surface area contributed by atoms with E-state index in [1.54, 1.807) is 14.0 Å². The molecule has 4 nitrogen and oxygen atoms in total. The summed E-state index contributed by atoms with van der Waals surface area (Å²) in [4.78, 5) is 10.9. The summed E-state index contributed by atoms with van der Waals surface area (Å²) in [5.41, 5.74) is -0.994. The van der Waals surface area contributed by atoms with Gasteiger partial charge in [-0.2, -0.15) is 13.2 Å². The fourth-order valence-corrected chi connectivity index (χ4v) is 1.31. The molecule has 108 valence electrons. The first kappa shape index (κ1) is 17.2. The maximum absolute atomic E-state index is 11.8. The molecule has 0 saturated heterocycles. The van der Waals surface area contributed by atoms with Crippen LogP contribution in [0.15, 0.2) is 0 Å². The van der Waals surface area contributed by atoms with E-state index in [2.05, 4.69) is 5.32 Å². The number of aliphatic carboxylic acids is 1. The van der Waals surface area contributed by atoms with Crippen molar-refractivity contribution in [3.8, 4) is 0 Å². The Morgan fingerprint density at radius 2 is 1.83 bits per heavy atom. The molecular weight excluding hydrogens is 251 g/mol. The monoisotopic (exact) mass is 271 g/mol. The third-order valence-corrected chi connectivity index (χ3v) is 2.77. The standard InChI is InChI=1S/C11H20F3NO3/c1-10(15-2,9(16)17)5-3-4-7-18-8-6-11(12,13)14/h15H,3-8H2,1-2H3,(H,16,17). The molecule has 0 spiro atoms. The van der Waals surface area contributed by atoms with Crippen LogP contribution in [0.2, 0.25) is 0 Å². The Kier molecular flexibility index (Phi) is 7.23. The molecule has 0 radical (unpaired) electrons. The van der Waals surface area contributed by atoms with Crippen molar-refractivity contribution in [1.82, 2.24) is 5.32 Å². The van der Waals surface area contributed by atoms with Crippen molar-refractivity contribution in [2.45, 2.75) is 44.3 Å². The molecule has 0 fully saturated rings. The first-order valence-corrected chi connectivity index (χ1v) is 5.78. The molecule has 0 aliphatic heterocycles. The fraction of sp³-hybridized carbons (Fsp3) is 0.909. The first-order chi connectivity index (χ1) is 8.21. The van der Waals surface area contributed by atoms with Gasteiger partial charge in [0, 0.05) is 6.61 Å². The van der Waals surface area contributed by atoms with E-state index >= 15 is 0 Å². The van der Waals surface area contributed by atoms with Crippen LogP contribution in [0.4, 0.5) is 13.2 Å². The Bertz CT molecular complexity index is 258. The molecule has 1 atom stereocenters. The van der Waals surface area contributed by atoms with Crippen molar-refractivity contribution in [2.24, 2.45) is 0 Å². The average molecular weight is 271 g/mol. The zero-order valence-corrected chi connectivity index (χ0v) is 10.6. The molecule has 0 bridgehead atoms. The van der Waals surface area contributed by atoms with E-state index in [9.17, 15) is 18.0 Å². The van der Waals surface area contributed by atoms with Gasteiger partial charge in [0.1, 0.15) is 5.54 Å². The lowest BCUT2D eigenvalue weighted by molar-refractivity contribution is -0.146. The summed E-state index contributed by atoms with van der Waals surface area (Å²) < 4.78 is 40.1. The van der Waals surface area contributed by atoms with Crippen LogP contribution in [-0.2, 0) is 9.53 Å². The van der Waals surface area contributed by atoms with Gasteiger partial charge in [0.25, 0.3) is 0 Å². The van der Waals surface area contributed by atoms with Crippen LogP contribution in [0, 0.1) is 0 Å². The van der Waals surface area contributed by atoms with Crippen LogP contribution in [-0.4, -0.2) is 43.1 Å². The van der Waals surface area contributed by atoms with Crippen LogP contribution in [0.3, 0.4) is 0 Å². The van der Waals surface area contributed by atoms with Crippen molar-refractivity contribution < 1.29 is 27.8 Å². The Balaban J connectivity index is 3.60. The Morgan fingerprint density at radius 3 is 2.28 bits per heavy atom. The smallest absolute Gasteiger partial charge is 0.391 e. The summed E-state index contributed by atoms with van der Waals surface area (Å²) in [6, 6.07) is 0. The second-order valence-corrected chi connectivity index (χ2v) is 4.32. The quantitative estimate of drug-likeness (QED) is 0.631. The maximum atomic E-state index is 11.8. The molecule has 0 aliphatic rings. The molecule has 18 heavy (non-hydrogen) atoms. The Morgan fingerprint density at radius 1 is 1.22 bits per heavy atom. The molecule has 0 saturated carbocycles. The largest absolute Gasteiger partial charge is 0.480 e. The molecule has 7 heteroatoms.